The van der Waals surface area contributed by atoms with Gasteiger partial charge in [0.05, 0.1) is 5.92 Å². The molecule has 0 aliphatic rings. The molecular weight excluding hydrogens is 183 g/mol. The minimum Gasteiger partial charge on any atom is -0.481 e. The first-order valence-corrected chi connectivity index (χ1v) is 4.50. The van der Waals surface area contributed by atoms with Crippen LogP contribution in [-0.2, 0) is 4.79 Å². The molecule has 0 bridgehead atoms. The lowest BCUT2D eigenvalue weighted by atomic mass is 9.89. The molecule has 0 saturated heterocycles. The van der Waals surface area contributed by atoms with Gasteiger partial charge in [0, 0.05) is 0 Å². The molecule has 1 aromatic rings. The Morgan fingerprint density at radius 2 is 1.79 bits per heavy atom. The van der Waals surface area contributed by atoms with E-state index in [9.17, 15) is 9.18 Å². The average Bonchev–Trinajstić information content (AvgIpc) is 2.07. The normalized spacial score (nSPS) is 12.9. The number of benzene rings is 1. The number of halogens is 1. The van der Waals surface area contributed by atoms with Gasteiger partial charge in [-0.05, 0) is 23.6 Å². The molecule has 1 atom stereocenters. The maximum Gasteiger partial charge on any atom is 0.311 e. The Labute approximate surface area is 82.4 Å². The lowest BCUT2D eigenvalue weighted by Crippen LogP contribution is -2.17. The van der Waals surface area contributed by atoms with Gasteiger partial charge in [0.15, 0.2) is 0 Å². The number of hydrogen-bond donors (Lipinski definition) is 1. The molecule has 0 unspecified atom stereocenters. The van der Waals surface area contributed by atoms with Gasteiger partial charge in [-0.3, -0.25) is 4.79 Å². The fourth-order valence-corrected chi connectivity index (χ4v) is 1.48. The summed E-state index contributed by atoms with van der Waals surface area (Å²) in [6.07, 6.45) is 0. The number of hydrogen-bond acceptors (Lipinski definition) is 1. The van der Waals surface area contributed by atoms with Gasteiger partial charge in [-0.2, -0.15) is 0 Å². The maximum absolute atomic E-state index is 12.6. The molecule has 3 heteroatoms. The van der Waals surface area contributed by atoms with E-state index >= 15 is 0 Å². The van der Waals surface area contributed by atoms with Gasteiger partial charge in [-0.15, -0.1) is 0 Å². The van der Waals surface area contributed by atoms with E-state index in [0.717, 1.165) is 0 Å². The zero-order valence-electron chi connectivity index (χ0n) is 8.20. The van der Waals surface area contributed by atoms with Crippen molar-refractivity contribution in [3.63, 3.8) is 0 Å². The third kappa shape index (κ3) is 2.31. The summed E-state index contributed by atoms with van der Waals surface area (Å²) in [6, 6.07) is 5.61. The summed E-state index contributed by atoms with van der Waals surface area (Å²) in [6.45, 7) is 3.67. The van der Waals surface area contributed by atoms with Crippen LogP contribution in [0, 0.1) is 11.7 Å². The Kier molecular flexibility index (Phi) is 3.23. The van der Waals surface area contributed by atoms with Crippen molar-refractivity contribution in [2.24, 2.45) is 5.92 Å². The summed E-state index contributed by atoms with van der Waals surface area (Å²) < 4.78 is 12.6. The predicted octanol–water partition coefficient (Wildman–Crippen LogP) is 2.65. The third-order valence-corrected chi connectivity index (χ3v) is 2.16. The van der Waals surface area contributed by atoms with Crippen LogP contribution in [0.15, 0.2) is 24.3 Å². The van der Waals surface area contributed by atoms with E-state index in [-0.39, 0.29) is 11.7 Å². The zero-order valence-corrected chi connectivity index (χ0v) is 8.20. The maximum atomic E-state index is 12.6. The molecule has 0 saturated carbocycles. The van der Waals surface area contributed by atoms with Crippen LogP contribution in [0.2, 0.25) is 0 Å². The van der Waals surface area contributed by atoms with E-state index in [2.05, 4.69) is 0 Å². The van der Waals surface area contributed by atoms with Gasteiger partial charge in [0.25, 0.3) is 0 Å². The van der Waals surface area contributed by atoms with Crippen molar-refractivity contribution in [2.45, 2.75) is 19.8 Å². The molecule has 0 heterocycles. The predicted molar refractivity (Wildman–Crippen MR) is 51.6 cm³/mol. The fraction of sp³-hybridized carbons (Fsp3) is 0.364. The van der Waals surface area contributed by atoms with Gasteiger partial charge in [-0.25, -0.2) is 4.39 Å². The highest BCUT2D eigenvalue weighted by Gasteiger charge is 2.23. The van der Waals surface area contributed by atoms with Crippen LogP contribution in [-0.4, -0.2) is 11.1 Å². The van der Waals surface area contributed by atoms with Crippen LogP contribution in [0.1, 0.15) is 25.3 Å². The van der Waals surface area contributed by atoms with Crippen LogP contribution < -0.4 is 0 Å². The van der Waals surface area contributed by atoms with E-state index in [1.54, 1.807) is 0 Å². The second-order valence-corrected chi connectivity index (χ2v) is 3.61. The largest absolute Gasteiger partial charge is 0.481 e. The molecule has 0 fully saturated rings. The first-order chi connectivity index (χ1) is 6.52. The average molecular weight is 196 g/mol. The number of carboxylic acids is 1. The van der Waals surface area contributed by atoms with Gasteiger partial charge >= 0.3 is 5.97 Å². The second-order valence-electron chi connectivity index (χ2n) is 3.61. The smallest absolute Gasteiger partial charge is 0.311 e. The number of carboxylic acid groups (broad SMARTS) is 1. The fourth-order valence-electron chi connectivity index (χ4n) is 1.48. The van der Waals surface area contributed by atoms with Gasteiger partial charge in [0.1, 0.15) is 5.82 Å². The molecule has 0 amide bonds. The van der Waals surface area contributed by atoms with E-state index < -0.39 is 11.9 Å². The van der Waals surface area contributed by atoms with E-state index in [1.165, 1.54) is 24.3 Å². The SMILES string of the molecule is CC(C)[C@H](C(=O)O)c1ccc(F)cc1. The molecule has 14 heavy (non-hydrogen) atoms. The Bertz CT molecular complexity index is 317. The second kappa shape index (κ2) is 4.22. The van der Waals surface area contributed by atoms with E-state index in [4.69, 9.17) is 5.11 Å². The zero-order chi connectivity index (χ0) is 10.7. The van der Waals surface area contributed by atoms with Crippen LogP contribution in [0.3, 0.4) is 0 Å². The van der Waals surface area contributed by atoms with Crippen molar-refractivity contribution >= 4 is 5.97 Å². The molecular formula is C11H13FO2. The van der Waals surface area contributed by atoms with Gasteiger partial charge < -0.3 is 5.11 Å². The Morgan fingerprint density at radius 1 is 1.29 bits per heavy atom. The summed E-state index contributed by atoms with van der Waals surface area (Å²) >= 11 is 0. The molecule has 2 nitrogen and oxygen atoms in total. The molecule has 76 valence electrons. The van der Waals surface area contributed by atoms with Gasteiger partial charge in [0.2, 0.25) is 0 Å². The molecule has 0 spiro atoms. The monoisotopic (exact) mass is 196 g/mol. The lowest BCUT2D eigenvalue weighted by Gasteiger charge is -2.16. The summed E-state index contributed by atoms with van der Waals surface area (Å²) in [4.78, 5) is 10.9. The minimum absolute atomic E-state index is 0.00189. The molecule has 0 aliphatic heterocycles. The molecule has 1 aromatic carbocycles. The quantitative estimate of drug-likeness (QED) is 0.806. The number of aliphatic carboxylic acids is 1. The highest BCUT2D eigenvalue weighted by Crippen LogP contribution is 2.24. The van der Waals surface area contributed by atoms with Gasteiger partial charge in [-0.1, -0.05) is 26.0 Å². The topological polar surface area (TPSA) is 37.3 Å². The minimum atomic E-state index is -0.869. The van der Waals surface area contributed by atoms with Crippen LogP contribution in [0.5, 0.6) is 0 Å². The Hall–Kier alpha value is -1.38. The molecule has 1 N–H and O–H groups in total. The third-order valence-electron chi connectivity index (χ3n) is 2.16. The molecule has 0 aromatic heterocycles. The molecule has 1 rings (SSSR count). The van der Waals surface area contributed by atoms with E-state index in [1.807, 2.05) is 13.8 Å². The highest BCUT2D eigenvalue weighted by molar-refractivity contribution is 5.76. The summed E-state index contributed by atoms with van der Waals surface area (Å²) in [5, 5.41) is 8.97. The van der Waals surface area contributed by atoms with Crippen LogP contribution in [0.25, 0.3) is 0 Å². The molecule has 0 aliphatic carbocycles. The number of rotatable bonds is 3. The Balaban J connectivity index is 3.00. The highest BCUT2D eigenvalue weighted by atomic mass is 19.1. The summed E-state index contributed by atoms with van der Waals surface area (Å²) in [5.41, 5.74) is 0.647. The Morgan fingerprint density at radius 3 is 2.14 bits per heavy atom. The lowest BCUT2D eigenvalue weighted by molar-refractivity contribution is -0.139. The van der Waals surface area contributed by atoms with Crippen molar-refractivity contribution in [3.8, 4) is 0 Å². The first kappa shape index (κ1) is 10.7. The van der Waals surface area contributed by atoms with Crippen molar-refractivity contribution < 1.29 is 14.3 Å². The summed E-state index contributed by atoms with van der Waals surface area (Å²) in [5.74, 6) is -1.78. The molecule has 0 radical (unpaired) electrons. The van der Waals surface area contributed by atoms with Crippen molar-refractivity contribution in [1.29, 1.82) is 0 Å². The van der Waals surface area contributed by atoms with Crippen molar-refractivity contribution in [2.75, 3.05) is 0 Å². The van der Waals surface area contributed by atoms with Crippen molar-refractivity contribution in [3.05, 3.63) is 35.6 Å². The van der Waals surface area contributed by atoms with Crippen LogP contribution >= 0.6 is 0 Å². The summed E-state index contributed by atoms with van der Waals surface area (Å²) in [7, 11) is 0. The standard InChI is InChI=1S/C11H13FO2/c1-7(2)10(11(13)14)8-3-5-9(12)6-4-8/h3-7,10H,1-2H3,(H,13,14)/t10-/m0/s1. The van der Waals surface area contributed by atoms with Crippen molar-refractivity contribution in [1.82, 2.24) is 0 Å². The van der Waals surface area contributed by atoms with E-state index in [0.29, 0.717) is 5.56 Å². The van der Waals surface area contributed by atoms with Crippen LogP contribution in [0.4, 0.5) is 4.39 Å². The first-order valence-electron chi connectivity index (χ1n) is 4.50. The number of carbonyl (C=O) groups is 1.